The summed E-state index contributed by atoms with van der Waals surface area (Å²) in [6.45, 7) is 6.22. The predicted molar refractivity (Wildman–Crippen MR) is 65.4 cm³/mol. The van der Waals surface area contributed by atoms with Crippen LogP contribution in [0.15, 0.2) is 12.3 Å². The lowest BCUT2D eigenvalue weighted by Crippen LogP contribution is -2.24. The first-order valence-corrected chi connectivity index (χ1v) is 5.21. The van der Waals surface area contributed by atoms with Gasteiger partial charge in [-0.05, 0) is 17.0 Å². The number of aromatic nitrogens is 1. The molecule has 1 amide bonds. The van der Waals surface area contributed by atoms with Crippen LogP contribution in [0.1, 0.15) is 36.7 Å². The first-order valence-electron chi connectivity index (χ1n) is 5.21. The molecule has 0 saturated carbocycles. The van der Waals surface area contributed by atoms with Gasteiger partial charge in [0.2, 0.25) is 0 Å². The van der Waals surface area contributed by atoms with E-state index >= 15 is 0 Å². The van der Waals surface area contributed by atoms with E-state index in [0.717, 1.165) is 5.56 Å². The maximum Gasteiger partial charge on any atom is 0.257 e. The number of anilines is 1. The zero-order valence-corrected chi connectivity index (χ0v) is 10.5. The maximum atomic E-state index is 11.9. The number of rotatable bonds is 1. The molecule has 0 spiro atoms. The minimum atomic E-state index is -0.115. The van der Waals surface area contributed by atoms with Gasteiger partial charge in [-0.25, -0.2) is 4.98 Å². The molecule has 1 aromatic rings. The largest absolute Gasteiger partial charge is 0.383 e. The lowest BCUT2D eigenvalue weighted by atomic mass is 9.87. The first-order chi connectivity index (χ1) is 7.23. The molecule has 1 rings (SSSR count). The van der Waals surface area contributed by atoms with E-state index in [1.807, 2.05) is 6.07 Å². The van der Waals surface area contributed by atoms with E-state index in [0.29, 0.717) is 5.56 Å². The summed E-state index contributed by atoms with van der Waals surface area (Å²) in [6, 6.07) is 1.82. The Labute approximate surface area is 96.5 Å². The Morgan fingerprint density at radius 2 is 1.94 bits per heavy atom. The van der Waals surface area contributed by atoms with E-state index in [-0.39, 0.29) is 17.1 Å². The van der Waals surface area contributed by atoms with Gasteiger partial charge in [-0.2, -0.15) is 0 Å². The molecule has 0 atom stereocenters. The minimum absolute atomic E-state index is 0.0396. The monoisotopic (exact) mass is 221 g/mol. The third-order valence-electron chi connectivity index (χ3n) is 2.42. The fourth-order valence-electron chi connectivity index (χ4n) is 1.30. The number of carbonyl (C=O) groups is 1. The number of carbonyl (C=O) groups excluding carboxylic acids is 1. The van der Waals surface area contributed by atoms with Crippen molar-refractivity contribution in [1.82, 2.24) is 9.88 Å². The molecule has 0 aliphatic carbocycles. The van der Waals surface area contributed by atoms with E-state index in [1.54, 1.807) is 20.3 Å². The summed E-state index contributed by atoms with van der Waals surface area (Å²) in [7, 11) is 3.40. The Morgan fingerprint density at radius 3 is 2.38 bits per heavy atom. The summed E-state index contributed by atoms with van der Waals surface area (Å²) in [6.07, 6.45) is 1.72. The number of nitrogens with two attached hydrogens (primary N) is 1. The van der Waals surface area contributed by atoms with Crippen molar-refractivity contribution in [3.63, 3.8) is 0 Å². The van der Waals surface area contributed by atoms with E-state index < -0.39 is 0 Å². The van der Waals surface area contributed by atoms with Crippen LogP contribution in [0, 0.1) is 0 Å². The maximum absolute atomic E-state index is 11.9. The lowest BCUT2D eigenvalue weighted by molar-refractivity contribution is 0.0828. The molecule has 1 aromatic heterocycles. The van der Waals surface area contributed by atoms with Gasteiger partial charge in [0.25, 0.3) is 5.91 Å². The van der Waals surface area contributed by atoms with Gasteiger partial charge in [-0.15, -0.1) is 0 Å². The molecule has 0 fully saturated rings. The molecule has 0 saturated heterocycles. The number of nitrogens with zero attached hydrogens (tertiary/aromatic N) is 2. The van der Waals surface area contributed by atoms with Crippen LogP contribution in [0.2, 0.25) is 0 Å². The van der Waals surface area contributed by atoms with Crippen molar-refractivity contribution in [2.24, 2.45) is 0 Å². The first kappa shape index (κ1) is 12.5. The van der Waals surface area contributed by atoms with Crippen molar-refractivity contribution in [1.29, 1.82) is 0 Å². The van der Waals surface area contributed by atoms with Gasteiger partial charge in [0.05, 0.1) is 5.56 Å². The van der Waals surface area contributed by atoms with Crippen molar-refractivity contribution < 1.29 is 4.79 Å². The van der Waals surface area contributed by atoms with Gasteiger partial charge in [-0.1, -0.05) is 20.8 Å². The molecule has 0 bridgehead atoms. The van der Waals surface area contributed by atoms with E-state index in [1.165, 1.54) is 4.90 Å². The van der Waals surface area contributed by atoms with E-state index in [2.05, 4.69) is 25.8 Å². The summed E-state index contributed by atoms with van der Waals surface area (Å²) in [5.41, 5.74) is 7.15. The number of nitrogen functional groups attached to an aromatic ring is 1. The van der Waals surface area contributed by atoms with Crippen LogP contribution in [0.5, 0.6) is 0 Å². The number of pyridine rings is 1. The quantitative estimate of drug-likeness (QED) is 0.784. The van der Waals surface area contributed by atoms with Gasteiger partial charge >= 0.3 is 0 Å². The van der Waals surface area contributed by atoms with Crippen LogP contribution in [0.25, 0.3) is 0 Å². The van der Waals surface area contributed by atoms with E-state index in [9.17, 15) is 4.79 Å². The fourth-order valence-corrected chi connectivity index (χ4v) is 1.30. The molecule has 0 radical (unpaired) electrons. The van der Waals surface area contributed by atoms with Crippen molar-refractivity contribution in [3.05, 3.63) is 23.4 Å². The molecule has 4 heteroatoms. The van der Waals surface area contributed by atoms with Gasteiger partial charge in [0.15, 0.2) is 0 Å². The second-order valence-electron chi connectivity index (χ2n) is 5.11. The summed E-state index contributed by atoms with van der Waals surface area (Å²) < 4.78 is 0. The molecule has 88 valence electrons. The second kappa shape index (κ2) is 4.12. The van der Waals surface area contributed by atoms with Crippen LogP contribution in [-0.2, 0) is 5.41 Å². The average molecular weight is 221 g/mol. The third-order valence-corrected chi connectivity index (χ3v) is 2.42. The Balaban J connectivity index is 3.25. The molecular weight excluding hydrogens is 202 g/mol. The Morgan fingerprint density at radius 1 is 1.38 bits per heavy atom. The van der Waals surface area contributed by atoms with Crippen molar-refractivity contribution in [2.75, 3.05) is 19.8 Å². The topological polar surface area (TPSA) is 59.2 Å². The summed E-state index contributed by atoms with van der Waals surface area (Å²) >= 11 is 0. The Kier molecular flexibility index (Phi) is 3.21. The molecule has 16 heavy (non-hydrogen) atoms. The summed E-state index contributed by atoms with van der Waals surface area (Å²) in [5.74, 6) is 0.169. The summed E-state index contributed by atoms with van der Waals surface area (Å²) in [5, 5.41) is 0. The van der Waals surface area contributed by atoms with Crippen LogP contribution >= 0.6 is 0 Å². The van der Waals surface area contributed by atoms with Gasteiger partial charge in [0.1, 0.15) is 5.82 Å². The summed E-state index contributed by atoms with van der Waals surface area (Å²) in [4.78, 5) is 17.4. The van der Waals surface area contributed by atoms with Crippen LogP contribution in [-0.4, -0.2) is 29.9 Å². The normalized spacial score (nSPS) is 11.3. The third kappa shape index (κ3) is 2.51. The number of hydrogen-bond acceptors (Lipinski definition) is 3. The van der Waals surface area contributed by atoms with Crippen LogP contribution in [0.4, 0.5) is 5.82 Å². The molecule has 0 aliphatic rings. The Bertz CT molecular complexity index is 405. The van der Waals surface area contributed by atoms with Crippen LogP contribution in [0.3, 0.4) is 0 Å². The van der Waals surface area contributed by atoms with Crippen molar-refractivity contribution >= 4 is 11.7 Å². The van der Waals surface area contributed by atoms with Gasteiger partial charge in [0, 0.05) is 20.3 Å². The Hall–Kier alpha value is -1.58. The van der Waals surface area contributed by atoms with Crippen molar-refractivity contribution in [2.45, 2.75) is 26.2 Å². The SMILES string of the molecule is CN(C)C(=O)c1cc(C(C)(C)C)cnc1N. The molecule has 2 N–H and O–H groups in total. The smallest absolute Gasteiger partial charge is 0.257 e. The zero-order chi connectivity index (χ0) is 12.5. The highest BCUT2D eigenvalue weighted by Gasteiger charge is 2.19. The number of amides is 1. The second-order valence-corrected chi connectivity index (χ2v) is 5.11. The standard InChI is InChI=1S/C12H19N3O/c1-12(2,3)8-6-9(10(13)14-7-8)11(16)15(4)5/h6-7H,1-5H3,(H2,13,14). The molecule has 1 heterocycles. The van der Waals surface area contributed by atoms with E-state index in [4.69, 9.17) is 5.73 Å². The van der Waals surface area contributed by atoms with Crippen LogP contribution < -0.4 is 5.73 Å². The molecule has 0 aromatic carbocycles. The van der Waals surface area contributed by atoms with Crippen molar-refractivity contribution in [3.8, 4) is 0 Å². The number of hydrogen-bond donors (Lipinski definition) is 1. The molecule has 0 unspecified atom stereocenters. The zero-order valence-electron chi connectivity index (χ0n) is 10.5. The average Bonchev–Trinajstić information content (AvgIpc) is 2.15. The molecule has 0 aliphatic heterocycles. The molecular formula is C12H19N3O. The molecule has 4 nitrogen and oxygen atoms in total. The van der Waals surface area contributed by atoms with Gasteiger partial charge in [-0.3, -0.25) is 4.79 Å². The van der Waals surface area contributed by atoms with Gasteiger partial charge < -0.3 is 10.6 Å². The highest BCUT2D eigenvalue weighted by Crippen LogP contribution is 2.24. The minimum Gasteiger partial charge on any atom is -0.383 e. The highest BCUT2D eigenvalue weighted by atomic mass is 16.2. The fraction of sp³-hybridized carbons (Fsp3) is 0.500. The highest BCUT2D eigenvalue weighted by molar-refractivity contribution is 5.98. The lowest BCUT2D eigenvalue weighted by Gasteiger charge is -2.20. The predicted octanol–water partition coefficient (Wildman–Crippen LogP) is 1.66.